The zero-order valence-corrected chi connectivity index (χ0v) is 16.8. The molecule has 3 rings (SSSR count). The van der Waals surface area contributed by atoms with Gasteiger partial charge in [0.05, 0.1) is 5.56 Å². The fraction of sp³-hybridized carbons (Fsp3) is 0.143. The molecule has 1 heterocycles. The Bertz CT molecular complexity index is 916. The minimum absolute atomic E-state index is 0.126. The van der Waals surface area contributed by atoms with Crippen molar-refractivity contribution < 1.29 is 4.79 Å². The van der Waals surface area contributed by atoms with E-state index in [4.69, 9.17) is 23.2 Å². The van der Waals surface area contributed by atoms with Gasteiger partial charge in [-0.1, -0.05) is 53.5 Å². The summed E-state index contributed by atoms with van der Waals surface area (Å²) in [5.41, 5.74) is 2.72. The Hall–Kier alpha value is -2.01. The second-order valence-electron chi connectivity index (χ2n) is 5.87. The molecule has 6 heteroatoms. The maximum Gasteiger partial charge on any atom is 0.254 e. The van der Waals surface area contributed by atoms with Gasteiger partial charge in [0.15, 0.2) is 0 Å². The monoisotopic (exact) mass is 416 g/mol. The molecule has 138 valence electrons. The number of nitrogens with one attached hydrogen (secondary N) is 1. The number of benzene rings is 2. The average Bonchev–Trinajstić information content (AvgIpc) is 2.69. The molecule has 27 heavy (non-hydrogen) atoms. The van der Waals surface area contributed by atoms with Gasteiger partial charge >= 0.3 is 0 Å². The van der Waals surface area contributed by atoms with Crippen molar-refractivity contribution in [2.75, 3.05) is 6.54 Å². The zero-order chi connectivity index (χ0) is 19.1. The highest BCUT2D eigenvalue weighted by molar-refractivity contribution is 7.98. The van der Waals surface area contributed by atoms with Crippen LogP contribution >= 0.6 is 35.0 Å². The van der Waals surface area contributed by atoms with Crippen LogP contribution in [0.1, 0.15) is 21.5 Å². The lowest BCUT2D eigenvalue weighted by Crippen LogP contribution is -2.26. The van der Waals surface area contributed by atoms with Crippen molar-refractivity contribution in [3.63, 3.8) is 0 Å². The first-order valence-corrected chi connectivity index (χ1v) is 10.2. The summed E-state index contributed by atoms with van der Waals surface area (Å²) < 4.78 is 0. The van der Waals surface area contributed by atoms with Gasteiger partial charge in [0.25, 0.3) is 5.91 Å². The van der Waals surface area contributed by atoms with Gasteiger partial charge in [-0.25, -0.2) is 4.98 Å². The summed E-state index contributed by atoms with van der Waals surface area (Å²) in [4.78, 5) is 16.9. The lowest BCUT2D eigenvalue weighted by molar-refractivity contribution is 0.0950. The number of aromatic nitrogens is 1. The Morgan fingerprint density at radius 3 is 2.56 bits per heavy atom. The van der Waals surface area contributed by atoms with Crippen LogP contribution in [0.4, 0.5) is 0 Å². The molecule has 0 bridgehead atoms. The van der Waals surface area contributed by atoms with E-state index in [2.05, 4.69) is 10.3 Å². The van der Waals surface area contributed by atoms with Crippen molar-refractivity contribution in [3.8, 4) is 0 Å². The highest BCUT2D eigenvalue weighted by Gasteiger charge is 2.13. The van der Waals surface area contributed by atoms with E-state index in [0.717, 1.165) is 22.6 Å². The van der Waals surface area contributed by atoms with Gasteiger partial charge in [-0.2, -0.15) is 0 Å². The molecule has 0 aliphatic rings. The molecule has 0 aliphatic heterocycles. The number of nitrogens with zero attached hydrogens (tertiary/aromatic N) is 1. The summed E-state index contributed by atoms with van der Waals surface area (Å²) in [5, 5.41) is 5.08. The molecule has 3 nitrogen and oxygen atoms in total. The molecule has 1 aromatic heterocycles. The Morgan fingerprint density at radius 1 is 1.00 bits per heavy atom. The van der Waals surface area contributed by atoms with Crippen LogP contribution < -0.4 is 5.32 Å². The number of thioether (sulfide) groups is 1. The molecular weight excluding hydrogens is 399 g/mol. The smallest absolute Gasteiger partial charge is 0.254 e. The van der Waals surface area contributed by atoms with Crippen LogP contribution in [-0.4, -0.2) is 17.4 Å². The van der Waals surface area contributed by atoms with E-state index in [1.54, 1.807) is 18.3 Å². The Labute approximate surface area is 173 Å². The quantitative estimate of drug-likeness (QED) is 0.505. The molecule has 3 aromatic rings. The Balaban J connectivity index is 1.59. The van der Waals surface area contributed by atoms with Crippen molar-refractivity contribution in [1.29, 1.82) is 0 Å². The molecule has 0 fully saturated rings. The fourth-order valence-electron chi connectivity index (χ4n) is 2.51. The van der Waals surface area contributed by atoms with E-state index in [-0.39, 0.29) is 5.91 Å². The number of rotatable bonds is 7. The number of carbonyl (C=O) groups is 1. The zero-order valence-electron chi connectivity index (χ0n) is 14.5. The molecule has 0 saturated carbocycles. The summed E-state index contributed by atoms with van der Waals surface area (Å²) in [6.07, 6.45) is 2.44. The molecule has 2 aromatic carbocycles. The van der Waals surface area contributed by atoms with Crippen LogP contribution in [0.15, 0.2) is 71.9 Å². The van der Waals surface area contributed by atoms with Gasteiger partial charge in [-0.15, -0.1) is 11.8 Å². The molecule has 0 aliphatic carbocycles. The molecule has 1 amide bonds. The molecule has 0 unspecified atom stereocenters. The van der Waals surface area contributed by atoms with Gasteiger partial charge < -0.3 is 5.32 Å². The van der Waals surface area contributed by atoms with Crippen molar-refractivity contribution in [2.45, 2.75) is 17.2 Å². The second-order valence-corrected chi connectivity index (χ2v) is 7.68. The van der Waals surface area contributed by atoms with Crippen LogP contribution in [0.25, 0.3) is 0 Å². The van der Waals surface area contributed by atoms with E-state index in [1.807, 2.05) is 48.5 Å². The van der Waals surface area contributed by atoms with Gasteiger partial charge in [0.1, 0.15) is 5.03 Å². The molecular formula is C21H18Cl2N2OS. The Morgan fingerprint density at radius 2 is 1.78 bits per heavy atom. The van der Waals surface area contributed by atoms with Gasteiger partial charge in [0.2, 0.25) is 0 Å². The third-order valence-electron chi connectivity index (χ3n) is 3.95. The van der Waals surface area contributed by atoms with Gasteiger partial charge in [-0.3, -0.25) is 4.79 Å². The van der Waals surface area contributed by atoms with Crippen LogP contribution in [0.3, 0.4) is 0 Å². The maximum atomic E-state index is 12.6. The van der Waals surface area contributed by atoms with E-state index in [9.17, 15) is 4.79 Å². The highest BCUT2D eigenvalue weighted by atomic mass is 35.5. The van der Waals surface area contributed by atoms with Crippen LogP contribution in [-0.2, 0) is 12.2 Å². The van der Waals surface area contributed by atoms with Crippen molar-refractivity contribution in [3.05, 3.63) is 93.6 Å². The minimum Gasteiger partial charge on any atom is -0.352 e. The summed E-state index contributed by atoms with van der Waals surface area (Å²) in [6, 6.07) is 18.9. The van der Waals surface area contributed by atoms with Gasteiger partial charge in [0, 0.05) is 28.5 Å². The Kier molecular flexibility index (Phi) is 7.16. The number of carbonyl (C=O) groups excluding carboxylic acids is 1. The number of hydrogen-bond donors (Lipinski definition) is 1. The average molecular weight is 417 g/mol. The lowest BCUT2D eigenvalue weighted by atomic mass is 10.1. The maximum absolute atomic E-state index is 12.6. The summed E-state index contributed by atoms with van der Waals surface area (Å²) in [6.45, 7) is 0.546. The van der Waals surface area contributed by atoms with Crippen LogP contribution in [0.5, 0.6) is 0 Å². The van der Waals surface area contributed by atoms with E-state index < -0.39 is 0 Å². The van der Waals surface area contributed by atoms with Crippen molar-refractivity contribution >= 4 is 40.9 Å². The predicted molar refractivity (Wildman–Crippen MR) is 113 cm³/mol. The summed E-state index contributed by atoms with van der Waals surface area (Å²) in [5.74, 6) is 0.528. The molecule has 0 saturated heterocycles. The second kappa shape index (κ2) is 9.79. The van der Waals surface area contributed by atoms with E-state index in [0.29, 0.717) is 27.9 Å². The largest absolute Gasteiger partial charge is 0.352 e. The first kappa shape index (κ1) is 19.7. The minimum atomic E-state index is -0.126. The third-order valence-corrected chi connectivity index (χ3v) is 5.63. The molecule has 0 spiro atoms. The molecule has 0 atom stereocenters. The summed E-state index contributed by atoms with van der Waals surface area (Å²) in [7, 11) is 0. The molecule has 0 radical (unpaired) electrons. The number of amides is 1. The lowest BCUT2D eigenvalue weighted by Gasteiger charge is -2.10. The highest BCUT2D eigenvalue weighted by Crippen LogP contribution is 2.27. The first-order valence-electron chi connectivity index (χ1n) is 8.47. The van der Waals surface area contributed by atoms with E-state index >= 15 is 0 Å². The number of hydrogen-bond acceptors (Lipinski definition) is 3. The van der Waals surface area contributed by atoms with Gasteiger partial charge in [-0.05, 0) is 47.9 Å². The predicted octanol–water partition coefficient (Wildman–Crippen LogP) is 5.65. The number of halogens is 2. The standard InChI is InChI=1S/C21H18Cl2N2OS/c22-17-9-7-15(8-10-17)11-13-24-20(26)18-5-3-12-25-21(18)27-14-16-4-1-2-6-19(16)23/h1-10,12H,11,13-14H2,(H,24,26). The van der Waals surface area contributed by atoms with Crippen molar-refractivity contribution in [2.24, 2.45) is 0 Å². The van der Waals surface area contributed by atoms with Crippen molar-refractivity contribution in [1.82, 2.24) is 10.3 Å². The summed E-state index contributed by atoms with van der Waals surface area (Å²) >= 11 is 13.6. The fourth-order valence-corrected chi connectivity index (χ4v) is 3.91. The topological polar surface area (TPSA) is 42.0 Å². The first-order chi connectivity index (χ1) is 13.1. The number of pyridine rings is 1. The van der Waals surface area contributed by atoms with Crippen LogP contribution in [0, 0.1) is 0 Å². The van der Waals surface area contributed by atoms with E-state index in [1.165, 1.54) is 11.8 Å². The third kappa shape index (κ3) is 5.73. The van der Waals surface area contributed by atoms with Crippen LogP contribution in [0.2, 0.25) is 10.0 Å². The SMILES string of the molecule is O=C(NCCc1ccc(Cl)cc1)c1cccnc1SCc1ccccc1Cl. The normalized spacial score (nSPS) is 10.6. The molecule has 1 N–H and O–H groups in total.